The second-order valence-electron chi connectivity index (χ2n) is 4.34. The Balaban J connectivity index is 2.02. The van der Waals surface area contributed by atoms with E-state index in [2.05, 4.69) is 31.2 Å². The number of nitrogens with zero attached hydrogens (tertiary/aromatic N) is 1. The van der Waals surface area contributed by atoms with Crippen LogP contribution in [0.4, 0.5) is 0 Å². The number of amides is 1. The molecule has 3 heteroatoms. The van der Waals surface area contributed by atoms with E-state index in [9.17, 15) is 4.79 Å². The van der Waals surface area contributed by atoms with Gasteiger partial charge in [-0.05, 0) is 23.6 Å². The molecule has 3 nitrogen and oxygen atoms in total. The number of furan rings is 1. The number of aryl methyl sites for hydroxylation is 1. The molecule has 0 spiro atoms. The van der Waals surface area contributed by atoms with Crippen molar-refractivity contribution in [3.05, 3.63) is 59.5 Å². The lowest BCUT2D eigenvalue weighted by atomic mass is 10.1. The SMILES string of the molecule is CCc1ccc(CN(C)C(=O)c2ccoc2)cc1. The molecule has 1 amide bonds. The van der Waals surface area contributed by atoms with Gasteiger partial charge in [0.25, 0.3) is 5.91 Å². The number of rotatable bonds is 4. The molecule has 0 atom stereocenters. The summed E-state index contributed by atoms with van der Waals surface area (Å²) in [6.45, 7) is 2.73. The fraction of sp³-hybridized carbons (Fsp3) is 0.267. The highest BCUT2D eigenvalue weighted by Gasteiger charge is 2.12. The highest BCUT2D eigenvalue weighted by molar-refractivity contribution is 5.93. The molecule has 0 unspecified atom stereocenters. The van der Waals surface area contributed by atoms with Crippen molar-refractivity contribution in [1.29, 1.82) is 0 Å². The van der Waals surface area contributed by atoms with Gasteiger partial charge in [-0.15, -0.1) is 0 Å². The number of hydrogen-bond acceptors (Lipinski definition) is 2. The van der Waals surface area contributed by atoms with Crippen molar-refractivity contribution in [1.82, 2.24) is 4.90 Å². The van der Waals surface area contributed by atoms with E-state index in [1.54, 1.807) is 18.0 Å². The summed E-state index contributed by atoms with van der Waals surface area (Å²) in [5.41, 5.74) is 3.02. The summed E-state index contributed by atoms with van der Waals surface area (Å²) in [5, 5.41) is 0. The fourth-order valence-corrected chi connectivity index (χ4v) is 1.83. The second kappa shape index (κ2) is 5.54. The van der Waals surface area contributed by atoms with Crippen LogP contribution >= 0.6 is 0 Å². The van der Waals surface area contributed by atoms with Crippen LogP contribution in [0, 0.1) is 0 Å². The van der Waals surface area contributed by atoms with Crippen molar-refractivity contribution in [3.8, 4) is 0 Å². The molecule has 0 aliphatic carbocycles. The molecule has 1 aromatic carbocycles. The molecule has 1 heterocycles. The number of hydrogen-bond donors (Lipinski definition) is 0. The zero-order valence-electron chi connectivity index (χ0n) is 10.7. The molecule has 0 bridgehead atoms. The molecule has 2 rings (SSSR count). The van der Waals surface area contributed by atoms with Crippen molar-refractivity contribution in [2.24, 2.45) is 0 Å². The van der Waals surface area contributed by atoms with Crippen molar-refractivity contribution in [2.45, 2.75) is 19.9 Å². The van der Waals surface area contributed by atoms with Crippen LogP contribution in [0.2, 0.25) is 0 Å². The number of carbonyl (C=O) groups excluding carboxylic acids is 1. The smallest absolute Gasteiger partial charge is 0.257 e. The summed E-state index contributed by atoms with van der Waals surface area (Å²) in [4.78, 5) is 13.7. The van der Waals surface area contributed by atoms with E-state index in [0.717, 1.165) is 12.0 Å². The Morgan fingerprint density at radius 3 is 2.39 bits per heavy atom. The van der Waals surface area contributed by atoms with E-state index < -0.39 is 0 Å². The van der Waals surface area contributed by atoms with E-state index in [-0.39, 0.29) is 5.91 Å². The van der Waals surface area contributed by atoms with Crippen LogP contribution in [-0.2, 0) is 13.0 Å². The van der Waals surface area contributed by atoms with Crippen LogP contribution in [0.5, 0.6) is 0 Å². The lowest BCUT2D eigenvalue weighted by Gasteiger charge is -2.16. The molecule has 0 aliphatic heterocycles. The first kappa shape index (κ1) is 12.4. The Kier molecular flexibility index (Phi) is 3.82. The fourth-order valence-electron chi connectivity index (χ4n) is 1.83. The van der Waals surface area contributed by atoms with Gasteiger partial charge in [0.15, 0.2) is 0 Å². The largest absolute Gasteiger partial charge is 0.472 e. The maximum atomic E-state index is 12.0. The quantitative estimate of drug-likeness (QED) is 0.826. The zero-order chi connectivity index (χ0) is 13.0. The van der Waals surface area contributed by atoms with Gasteiger partial charge in [0.05, 0.1) is 11.8 Å². The first-order chi connectivity index (χ1) is 8.70. The summed E-state index contributed by atoms with van der Waals surface area (Å²) in [6.07, 6.45) is 4.01. The lowest BCUT2D eigenvalue weighted by molar-refractivity contribution is 0.0784. The monoisotopic (exact) mass is 243 g/mol. The van der Waals surface area contributed by atoms with E-state index >= 15 is 0 Å². The lowest BCUT2D eigenvalue weighted by Crippen LogP contribution is -2.25. The Bertz CT molecular complexity index is 500. The van der Waals surface area contributed by atoms with Crippen LogP contribution in [0.3, 0.4) is 0 Å². The van der Waals surface area contributed by atoms with E-state index in [1.807, 2.05) is 0 Å². The van der Waals surface area contributed by atoms with Gasteiger partial charge in [0.1, 0.15) is 6.26 Å². The number of carbonyl (C=O) groups is 1. The van der Waals surface area contributed by atoms with Crippen molar-refractivity contribution in [2.75, 3.05) is 7.05 Å². The van der Waals surface area contributed by atoms with E-state index in [1.165, 1.54) is 18.1 Å². The minimum atomic E-state index is -0.0247. The molecule has 0 fully saturated rings. The van der Waals surface area contributed by atoms with Crippen molar-refractivity contribution < 1.29 is 9.21 Å². The molecule has 18 heavy (non-hydrogen) atoms. The predicted molar refractivity (Wildman–Crippen MR) is 70.3 cm³/mol. The molecular weight excluding hydrogens is 226 g/mol. The van der Waals surface area contributed by atoms with Gasteiger partial charge >= 0.3 is 0 Å². The van der Waals surface area contributed by atoms with E-state index in [4.69, 9.17) is 4.42 Å². The number of benzene rings is 1. The van der Waals surface area contributed by atoms with Crippen LogP contribution in [0.25, 0.3) is 0 Å². The predicted octanol–water partition coefficient (Wildman–Crippen LogP) is 3.11. The third-order valence-corrected chi connectivity index (χ3v) is 2.97. The second-order valence-corrected chi connectivity index (χ2v) is 4.34. The third-order valence-electron chi connectivity index (χ3n) is 2.97. The molecule has 0 saturated heterocycles. The highest BCUT2D eigenvalue weighted by Crippen LogP contribution is 2.10. The maximum Gasteiger partial charge on any atom is 0.257 e. The normalized spacial score (nSPS) is 10.3. The third kappa shape index (κ3) is 2.80. The highest BCUT2D eigenvalue weighted by atomic mass is 16.3. The summed E-state index contributed by atoms with van der Waals surface area (Å²) in [5.74, 6) is -0.0247. The minimum Gasteiger partial charge on any atom is -0.472 e. The Morgan fingerprint density at radius 1 is 1.17 bits per heavy atom. The van der Waals surface area contributed by atoms with E-state index in [0.29, 0.717) is 12.1 Å². The summed E-state index contributed by atoms with van der Waals surface area (Å²) in [6, 6.07) is 10.0. The first-order valence-corrected chi connectivity index (χ1v) is 6.06. The van der Waals surface area contributed by atoms with Crippen LogP contribution in [0.1, 0.15) is 28.4 Å². The zero-order valence-corrected chi connectivity index (χ0v) is 10.7. The molecule has 0 aliphatic rings. The van der Waals surface area contributed by atoms with Gasteiger partial charge < -0.3 is 9.32 Å². The standard InChI is InChI=1S/C15H17NO2/c1-3-12-4-6-13(7-5-12)10-16(2)15(17)14-8-9-18-11-14/h4-9,11H,3,10H2,1-2H3. The summed E-state index contributed by atoms with van der Waals surface area (Å²) < 4.78 is 4.92. The topological polar surface area (TPSA) is 33.5 Å². The molecule has 0 radical (unpaired) electrons. The van der Waals surface area contributed by atoms with Crippen LogP contribution < -0.4 is 0 Å². The Labute approximate surface area is 107 Å². The Morgan fingerprint density at radius 2 is 1.83 bits per heavy atom. The van der Waals surface area contributed by atoms with Gasteiger partial charge in [0, 0.05) is 13.6 Å². The first-order valence-electron chi connectivity index (χ1n) is 6.06. The minimum absolute atomic E-state index is 0.0247. The molecule has 1 aromatic heterocycles. The molecule has 94 valence electrons. The molecule has 2 aromatic rings. The molecular formula is C15H17NO2. The van der Waals surface area contributed by atoms with Gasteiger partial charge in [-0.25, -0.2) is 0 Å². The average Bonchev–Trinajstić information content (AvgIpc) is 2.92. The molecule has 0 saturated carbocycles. The summed E-state index contributed by atoms with van der Waals surface area (Å²) in [7, 11) is 1.79. The van der Waals surface area contributed by atoms with Gasteiger partial charge in [-0.2, -0.15) is 0 Å². The molecule has 0 N–H and O–H groups in total. The summed E-state index contributed by atoms with van der Waals surface area (Å²) >= 11 is 0. The van der Waals surface area contributed by atoms with Gasteiger partial charge in [0.2, 0.25) is 0 Å². The van der Waals surface area contributed by atoms with Crippen LogP contribution in [0.15, 0.2) is 47.3 Å². The Hall–Kier alpha value is -2.03. The van der Waals surface area contributed by atoms with Gasteiger partial charge in [-0.3, -0.25) is 4.79 Å². The van der Waals surface area contributed by atoms with Crippen molar-refractivity contribution in [3.63, 3.8) is 0 Å². The maximum absolute atomic E-state index is 12.0. The van der Waals surface area contributed by atoms with Crippen LogP contribution in [-0.4, -0.2) is 17.9 Å². The average molecular weight is 243 g/mol. The van der Waals surface area contributed by atoms with Gasteiger partial charge in [-0.1, -0.05) is 31.2 Å². The van der Waals surface area contributed by atoms with Crippen molar-refractivity contribution >= 4 is 5.91 Å².